The van der Waals surface area contributed by atoms with E-state index in [0.717, 1.165) is 0 Å². The van der Waals surface area contributed by atoms with Gasteiger partial charge >= 0.3 is 0 Å². The zero-order valence-corrected chi connectivity index (χ0v) is 9.95. The molecule has 7 heteroatoms. The van der Waals surface area contributed by atoms with Gasteiger partial charge in [0.15, 0.2) is 5.82 Å². The molecule has 0 radical (unpaired) electrons. The van der Waals surface area contributed by atoms with Crippen LogP contribution in [0, 0.1) is 18.3 Å². The van der Waals surface area contributed by atoms with Crippen molar-refractivity contribution in [2.45, 2.75) is 13.5 Å². The zero-order chi connectivity index (χ0) is 13.1. The Morgan fingerprint density at radius 3 is 2.89 bits per heavy atom. The summed E-state index contributed by atoms with van der Waals surface area (Å²) in [6.45, 7) is 1.52. The number of aliphatic hydroxyl groups is 1. The van der Waals surface area contributed by atoms with Crippen molar-refractivity contribution in [2.24, 2.45) is 0 Å². The van der Waals surface area contributed by atoms with Crippen LogP contribution in [0.3, 0.4) is 0 Å². The minimum absolute atomic E-state index is 0.188. The Morgan fingerprint density at radius 2 is 2.33 bits per heavy atom. The Bertz CT molecular complexity index is 614. The maximum absolute atomic E-state index is 8.99. The summed E-state index contributed by atoms with van der Waals surface area (Å²) in [5.74, 6) is 0.853. The zero-order valence-electron chi connectivity index (χ0n) is 9.95. The Morgan fingerprint density at radius 1 is 1.56 bits per heavy atom. The normalized spacial score (nSPS) is 10.1. The maximum Gasteiger partial charge on any atom is 0.178 e. The van der Waals surface area contributed by atoms with Crippen LogP contribution in [0.2, 0.25) is 0 Å². The van der Waals surface area contributed by atoms with Crippen molar-refractivity contribution in [2.75, 3.05) is 7.11 Å². The van der Waals surface area contributed by atoms with Gasteiger partial charge in [-0.1, -0.05) is 0 Å². The molecule has 0 atom stereocenters. The molecule has 0 unspecified atom stereocenters. The van der Waals surface area contributed by atoms with Gasteiger partial charge < -0.3 is 9.84 Å². The molecule has 2 aromatic rings. The lowest BCUT2D eigenvalue weighted by atomic mass is 10.2. The monoisotopic (exact) mass is 245 g/mol. The number of rotatable bonds is 3. The standard InChI is InChI=1S/C11H11N5O2/c1-7-9(4-12)10(18-2)3-11(14-7)16-13-5-8(6-17)15-16/h3,5,17H,6H2,1-2H3. The van der Waals surface area contributed by atoms with Gasteiger partial charge in [-0.25, -0.2) is 4.98 Å². The van der Waals surface area contributed by atoms with E-state index in [9.17, 15) is 0 Å². The molecule has 0 aromatic carbocycles. The van der Waals surface area contributed by atoms with Gasteiger partial charge in [0.2, 0.25) is 0 Å². The fraction of sp³-hybridized carbons (Fsp3) is 0.273. The van der Waals surface area contributed by atoms with Crippen LogP contribution in [-0.2, 0) is 6.61 Å². The van der Waals surface area contributed by atoms with Gasteiger partial charge in [0.25, 0.3) is 0 Å². The molecule has 7 nitrogen and oxygen atoms in total. The van der Waals surface area contributed by atoms with Crippen molar-refractivity contribution in [3.8, 4) is 17.6 Å². The lowest BCUT2D eigenvalue weighted by Crippen LogP contribution is -2.05. The van der Waals surface area contributed by atoms with Crippen LogP contribution in [-0.4, -0.2) is 32.2 Å². The van der Waals surface area contributed by atoms with E-state index in [-0.39, 0.29) is 6.61 Å². The molecule has 0 spiro atoms. The molecular weight excluding hydrogens is 234 g/mol. The third kappa shape index (κ3) is 2.01. The quantitative estimate of drug-likeness (QED) is 0.837. The number of hydrogen-bond acceptors (Lipinski definition) is 6. The topological polar surface area (TPSA) is 96.8 Å². The average Bonchev–Trinajstić information content (AvgIpc) is 2.86. The largest absolute Gasteiger partial charge is 0.495 e. The SMILES string of the molecule is COc1cc(-n2ncc(CO)n2)nc(C)c1C#N. The van der Waals surface area contributed by atoms with Crippen molar-refractivity contribution in [3.63, 3.8) is 0 Å². The van der Waals surface area contributed by atoms with Gasteiger partial charge in [0.05, 0.1) is 25.6 Å². The van der Waals surface area contributed by atoms with Gasteiger partial charge in [-0.2, -0.15) is 10.4 Å². The Labute approximate surface area is 103 Å². The fourth-order valence-corrected chi connectivity index (χ4v) is 1.50. The van der Waals surface area contributed by atoms with Crippen LogP contribution in [0.25, 0.3) is 5.82 Å². The highest BCUT2D eigenvalue weighted by atomic mass is 16.5. The average molecular weight is 245 g/mol. The van der Waals surface area contributed by atoms with E-state index in [1.54, 1.807) is 13.0 Å². The number of nitrogens with zero attached hydrogens (tertiary/aromatic N) is 5. The Hall–Kier alpha value is -2.46. The van der Waals surface area contributed by atoms with E-state index in [0.29, 0.717) is 28.5 Å². The second-order valence-corrected chi connectivity index (χ2v) is 3.54. The number of aryl methyl sites for hydroxylation is 1. The summed E-state index contributed by atoms with van der Waals surface area (Å²) in [5.41, 5.74) is 1.36. The molecule has 2 rings (SSSR count). The molecule has 0 bridgehead atoms. The molecule has 0 saturated heterocycles. The summed E-state index contributed by atoms with van der Waals surface area (Å²) in [4.78, 5) is 5.50. The molecule has 0 aliphatic rings. The van der Waals surface area contributed by atoms with E-state index in [1.807, 2.05) is 6.07 Å². The molecule has 18 heavy (non-hydrogen) atoms. The summed E-state index contributed by atoms with van der Waals surface area (Å²) < 4.78 is 5.13. The van der Waals surface area contributed by atoms with Crippen molar-refractivity contribution in [3.05, 3.63) is 29.2 Å². The van der Waals surface area contributed by atoms with Gasteiger partial charge in [-0.15, -0.1) is 9.90 Å². The molecule has 2 heterocycles. The lowest BCUT2D eigenvalue weighted by molar-refractivity contribution is 0.276. The van der Waals surface area contributed by atoms with Gasteiger partial charge in [-0.05, 0) is 6.92 Å². The highest BCUT2D eigenvalue weighted by Gasteiger charge is 2.12. The maximum atomic E-state index is 8.99. The molecule has 0 saturated carbocycles. The highest BCUT2D eigenvalue weighted by Crippen LogP contribution is 2.22. The predicted molar refractivity (Wildman–Crippen MR) is 61.1 cm³/mol. The summed E-state index contributed by atoms with van der Waals surface area (Å²) in [5, 5.41) is 25.9. The number of pyridine rings is 1. The van der Waals surface area contributed by atoms with E-state index < -0.39 is 0 Å². The molecule has 2 aromatic heterocycles. The molecule has 1 N–H and O–H groups in total. The van der Waals surface area contributed by atoms with Crippen LogP contribution in [0.15, 0.2) is 12.3 Å². The van der Waals surface area contributed by atoms with Crippen molar-refractivity contribution < 1.29 is 9.84 Å². The first-order valence-electron chi connectivity index (χ1n) is 5.17. The fourth-order valence-electron chi connectivity index (χ4n) is 1.50. The van der Waals surface area contributed by atoms with Crippen molar-refractivity contribution in [1.29, 1.82) is 5.26 Å². The molecule has 0 aliphatic carbocycles. The molecular formula is C11H11N5O2. The van der Waals surface area contributed by atoms with Crippen molar-refractivity contribution in [1.82, 2.24) is 20.0 Å². The number of ether oxygens (including phenoxy) is 1. The molecule has 0 amide bonds. The molecule has 0 fully saturated rings. The summed E-state index contributed by atoms with van der Waals surface area (Å²) >= 11 is 0. The van der Waals surface area contributed by atoms with Crippen LogP contribution < -0.4 is 4.74 Å². The smallest absolute Gasteiger partial charge is 0.178 e. The third-order valence-electron chi connectivity index (χ3n) is 2.39. The summed E-state index contributed by atoms with van der Waals surface area (Å²) in [6, 6.07) is 3.61. The number of hydrogen-bond donors (Lipinski definition) is 1. The summed E-state index contributed by atoms with van der Waals surface area (Å²) in [6.07, 6.45) is 1.45. The number of nitriles is 1. The minimum atomic E-state index is -0.188. The first-order valence-corrected chi connectivity index (χ1v) is 5.17. The van der Waals surface area contributed by atoms with Crippen LogP contribution in [0.4, 0.5) is 0 Å². The van der Waals surface area contributed by atoms with E-state index in [2.05, 4.69) is 15.2 Å². The van der Waals surface area contributed by atoms with E-state index in [1.165, 1.54) is 18.1 Å². The van der Waals surface area contributed by atoms with Crippen LogP contribution in [0.5, 0.6) is 5.75 Å². The van der Waals surface area contributed by atoms with Crippen LogP contribution in [0.1, 0.15) is 17.0 Å². The lowest BCUT2D eigenvalue weighted by Gasteiger charge is -2.07. The molecule has 0 aliphatic heterocycles. The predicted octanol–water partition coefficient (Wildman–Crippen LogP) is 0.343. The Balaban J connectivity index is 2.53. The third-order valence-corrected chi connectivity index (χ3v) is 2.39. The first kappa shape index (κ1) is 12.0. The summed E-state index contributed by atoms with van der Waals surface area (Å²) in [7, 11) is 1.48. The van der Waals surface area contributed by atoms with Crippen LogP contribution >= 0.6 is 0 Å². The van der Waals surface area contributed by atoms with E-state index >= 15 is 0 Å². The highest BCUT2D eigenvalue weighted by molar-refractivity contribution is 5.49. The number of aromatic nitrogens is 4. The van der Waals surface area contributed by atoms with Gasteiger partial charge in [-0.3, -0.25) is 0 Å². The second-order valence-electron chi connectivity index (χ2n) is 3.54. The second kappa shape index (κ2) is 4.81. The van der Waals surface area contributed by atoms with Gasteiger partial charge in [0.1, 0.15) is 23.1 Å². The first-order chi connectivity index (χ1) is 8.69. The molecule has 92 valence electrons. The van der Waals surface area contributed by atoms with Crippen molar-refractivity contribution >= 4 is 0 Å². The number of methoxy groups -OCH3 is 1. The van der Waals surface area contributed by atoms with Gasteiger partial charge in [0, 0.05) is 6.07 Å². The Kier molecular flexibility index (Phi) is 3.21. The van der Waals surface area contributed by atoms with E-state index in [4.69, 9.17) is 15.1 Å². The number of aliphatic hydroxyl groups excluding tert-OH is 1. The minimum Gasteiger partial charge on any atom is -0.495 e.